The molecule has 0 fully saturated rings. The summed E-state index contributed by atoms with van der Waals surface area (Å²) in [6.45, 7) is 3.39. The number of nitro groups is 1. The quantitative estimate of drug-likeness (QED) is 0.502. The first-order valence-corrected chi connectivity index (χ1v) is 10.2. The molecule has 0 radical (unpaired) electrons. The van der Waals surface area contributed by atoms with Gasteiger partial charge in [0.1, 0.15) is 22.5 Å². The molecule has 0 saturated carbocycles. The minimum Gasteiger partial charge on any atom is -0.273 e. The number of fused-ring (bicyclic) bond motifs is 3. The molecule has 29 heavy (non-hydrogen) atoms. The van der Waals surface area contributed by atoms with Crippen LogP contribution in [0.25, 0.3) is 10.2 Å². The maximum atomic E-state index is 13.0. The van der Waals surface area contributed by atoms with Gasteiger partial charge >= 0.3 is 5.69 Å². The van der Waals surface area contributed by atoms with E-state index in [0.717, 1.165) is 36.1 Å². The summed E-state index contributed by atoms with van der Waals surface area (Å²) < 4.78 is 2.56. The Morgan fingerprint density at radius 2 is 2.10 bits per heavy atom. The number of aryl methyl sites for hydroxylation is 5. The Kier molecular flexibility index (Phi) is 4.91. The summed E-state index contributed by atoms with van der Waals surface area (Å²) in [5.41, 5.74) is 3.62. The maximum absolute atomic E-state index is 13.0. The second-order valence-corrected chi connectivity index (χ2v) is 8.18. The van der Waals surface area contributed by atoms with Crippen molar-refractivity contribution in [2.24, 2.45) is 0 Å². The Morgan fingerprint density at radius 3 is 2.83 bits per heavy atom. The second kappa shape index (κ2) is 7.39. The van der Waals surface area contributed by atoms with Gasteiger partial charge in [0.05, 0.1) is 16.9 Å². The standard InChI is InChI=1S/C18H20N6O4S/c1-10-13(24(27)28)9-22(20-10)8-7-15(25)21-23-11(2)19-17-16(18(23)26)12-5-3-4-6-14(12)29-17/h9H,3-8H2,1-2H3,(H,21,25). The van der Waals surface area contributed by atoms with Crippen LogP contribution in [0.15, 0.2) is 11.0 Å². The van der Waals surface area contributed by atoms with Gasteiger partial charge in [-0.2, -0.15) is 5.10 Å². The van der Waals surface area contributed by atoms with E-state index in [0.29, 0.717) is 16.9 Å². The molecule has 1 aliphatic rings. The minimum atomic E-state index is -0.510. The van der Waals surface area contributed by atoms with Gasteiger partial charge < -0.3 is 0 Å². The van der Waals surface area contributed by atoms with Crippen LogP contribution >= 0.6 is 11.3 Å². The smallest absolute Gasteiger partial charge is 0.273 e. The van der Waals surface area contributed by atoms with E-state index in [-0.39, 0.29) is 24.2 Å². The topological polar surface area (TPSA) is 125 Å². The largest absolute Gasteiger partial charge is 0.309 e. The van der Waals surface area contributed by atoms with Crippen molar-refractivity contribution in [3.8, 4) is 0 Å². The lowest BCUT2D eigenvalue weighted by Gasteiger charge is -2.12. The number of rotatable bonds is 5. The van der Waals surface area contributed by atoms with Gasteiger partial charge in [0, 0.05) is 11.3 Å². The number of carbonyl (C=O) groups excluding carboxylic acids is 1. The second-order valence-electron chi connectivity index (χ2n) is 7.10. The van der Waals surface area contributed by atoms with Crippen molar-refractivity contribution in [3.05, 3.63) is 48.6 Å². The van der Waals surface area contributed by atoms with Crippen molar-refractivity contribution in [2.75, 3.05) is 5.43 Å². The van der Waals surface area contributed by atoms with Gasteiger partial charge in [-0.25, -0.2) is 9.66 Å². The zero-order chi connectivity index (χ0) is 20.7. The Hall–Kier alpha value is -3.08. The van der Waals surface area contributed by atoms with Gasteiger partial charge in [-0.05, 0) is 45.1 Å². The average Bonchev–Trinajstić information content (AvgIpc) is 3.23. The van der Waals surface area contributed by atoms with E-state index >= 15 is 0 Å². The third-order valence-electron chi connectivity index (χ3n) is 5.08. The van der Waals surface area contributed by atoms with E-state index in [9.17, 15) is 19.7 Å². The number of thiophene rings is 1. The molecule has 4 rings (SSSR count). The lowest BCUT2D eigenvalue weighted by molar-refractivity contribution is -0.385. The first-order valence-electron chi connectivity index (χ1n) is 9.37. The van der Waals surface area contributed by atoms with Crippen LogP contribution in [-0.4, -0.2) is 30.3 Å². The summed E-state index contributed by atoms with van der Waals surface area (Å²) in [6.07, 6.45) is 5.31. The number of aromatic nitrogens is 4. The Balaban J connectivity index is 1.54. The van der Waals surface area contributed by atoms with Gasteiger partial charge in [0.15, 0.2) is 0 Å². The molecule has 3 aromatic rings. The van der Waals surface area contributed by atoms with Crippen molar-refractivity contribution >= 4 is 33.1 Å². The lowest BCUT2D eigenvalue weighted by Crippen LogP contribution is -2.36. The SMILES string of the molecule is Cc1nn(CCC(=O)Nn2c(C)nc3sc4c(c3c2=O)CCCC4)cc1[N+](=O)[O-]. The van der Waals surface area contributed by atoms with Crippen LogP contribution in [0.1, 0.15) is 41.2 Å². The summed E-state index contributed by atoms with van der Waals surface area (Å²) in [5.74, 6) is 0.0243. The first-order chi connectivity index (χ1) is 13.8. The molecule has 0 bridgehead atoms. The molecule has 10 nitrogen and oxygen atoms in total. The van der Waals surface area contributed by atoms with Crippen molar-refractivity contribution < 1.29 is 9.72 Å². The summed E-state index contributed by atoms with van der Waals surface area (Å²) in [5, 5.41) is 15.6. The number of hydrogen-bond donors (Lipinski definition) is 1. The highest BCUT2D eigenvalue weighted by Gasteiger charge is 2.22. The maximum Gasteiger partial charge on any atom is 0.309 e. The van der Waals surface area contributed by atoms with E-state index < -0.39 is 10.8 Å². The fourth-order valence-electron chi connectivity index (χ4n) is 3.64. The van der Waals surface area contributed by atoms with Crippen LogP contribution in [0.4, 0.5) is 5.69 Å². The van der Waals surface area contributed by atoms with Crippen LogP contribution in [-0.2, 0) is 24.2 Å². The normalized spacial score (nSPS) is 13.4. The molecule has 1 amide bonds. The van der Waals surface area contributed by atoms with E-state index in [1.807, 2.05) is 0 Å². The molecule has 11 heteroatoms. The molecule has 0 saturated heterocycles. The highest BCUT2D eigenvalue weighted by atomic mass is 32.1. The molecule has 152 valence electrons. The molecule has 0 spiro atoms. The van der Waals surface area contributed by atoms with E-state index in [1.54, 1.807) is 25.2 Å². The van der Waals surface area contributed by atoms with Crippen molar-refractivity contribution in [2.45, 2.75) is 52.5 Å². The van der Waals surface area contributed by atoms with Crippen molar-refractivity contribution in [1.29, 1.82) is 0 Å². The number of carbonyl (C=O) groups is 1. The zero-order valence-corrected chi connectivity index (χ0v) is 16.9. The average molecular weight is 416 g/mol. The first kappa shape index (κ1) is 19.2. The third kappa shape index (κ3) is 3.53. The molecular formula is C18H20N6O4S. The Morgan fingerprint density at radius 1 is 1.34 bits per heavy atom. The molecule has 0 unspecified atom stereocenters. The lowest BCUT2D eigenvalue weighted by atomic mass is 9.97. The third-order valence-corrected chi connectivity index (χ3v) is 6.26. The summed E-state index contributed by atoms with van der Waals surface area (Å²) in [4.78, 5) is 42.3. The fourth-order valence-corrected chi connectivity index (χ4v) is 4.93. The zero-order valence-electron chi connectivity index (χ0n) is 16.1. The van der Waals surface area contributed by atoms with Gasteiger partial charge in [0.2, 0.25) is 5.91 Å². The number of nitrogens with one attached hydrogen (secondary N) is 1. The monoisotopic (exact) mass is 416 g/mol. The molecular weight excluding hydrogens is 396 g/mol. The van der Waals surface area contributed by atoms with E-state index in [1.165, 1.54) is 20.4 Å². The van der Waals surface area contributed by atoms with Crippen molar-refractivity contribution in [3.63, 3.8) is 0 Å². The van der Waals surface area contributed by atoms with Gasteiger partial charge in [-0.3, -0.25) is 29.8 Å². The Labute approximate surface area is 169 Å². The predicted octanol–water partition coefficient (Wildman–Crippen LogP) is 2.22. The van der Waals surface area contributed by atoms with Crippen molar-refractivity contribution in [1.82, 2.24) is 19.4 Å². The van der Waals surface area contributed by atoms with Crippen LogP contribution in [0, 0.1) is 24.0 Å². The van der Waals surface area contributed by atoms with Crippen LogP contribution in [0.2, 0.25) is 0 Å². The fraction of sp³-hybridized carbons (Fsp3) is 0.444. The number of hydrogen-bond acceptors (Lipinski definition) is 7. The molecule has 0 atom stereocenters. The van der Waals surface area contributed by atoms with Crippen LogP contribution < -0.4 is 11.0 Å². The van der Waals surface area contributed by atoms with Gasteiger partial charge in [-0.15, -0.1) is 11.3 Å². The molecule has 3 heterocycles. The summed E-state index contributed by atoms with van der Waals surface area (Å²) in [7, 11) is 0. The molecule has 1 N–H and O–H groups in total. The predicted molar refractivity (Wildman–Crippen MR) is 108 cm³/mol. The van der Waals surface area contributed by atoms with E-state index in [4.69, 9.17) is 0 Å². The number of amides is 1. The minimum absolute atomic E-state index is 0.0178. The molecule has 0 aromatic carbocycles. The van der Waals surface area contributed by atoms with Crippen LogP contribution in [0.3, 0.4) is 0 Å². The Bertz CT molecular complexity index is 1190. The van der Waals surface area contributed by atoms with E-state index in [2.05, 4.69) is 15.5 Å². The molecule has 0 aliphatic heterocycles. The highest BCUT2D eigenvalue weighted by molar-refractivity contribution is 7.18. The molecule has 1 aliphatic carbocycles. The summed E-state index contributed by atoms with van der Waals surface area (Å²) in [6, 6.07) is 0. The molecule has 3 aromatic heterocycles. The van der Waals surface area contributed by atoms with Crippen LogP contribution in [0.5, 0.6) is 0 Å². The number of nitrogens with zero attached hydrogens (tertiary/aromatic N) is 5. The summed E-state index contributed by atoms with van der Waals surface area (Å²) >= 11 is 1.57. The van der Waals surface area contributed by atoms with Gasteiger partial charge in [-0.1, -0.05) is 0 Å². The van der Waals surface area contributed by atoms with Gasteiger partial charge in [0.25, 0.3) is 5.56 Å². The highest BCUT2D eigenvalue weighted by Crippen LogP contribution is 2.33.